The topological polar surface area (TPSA) is 110 Å². The molecule has 39 heavy (non-hydrogen) atoms. The van der Waals surface area contributed by atoms with Crippen molar-refractivity contribution in [2.45, 2.75) is 103 Å². The zero-order valence-corrected chi connectivity index (χ0v) is 23.3. The number of nitrogens with one attached hydrogen (secondary N) is 1. The third-order valence-corrected chi connectivity index (χ3v) is 11.1. The number of carbonyl (C=O) groups excluding carboxylic acids is 3. The van der Waals surface area contributed by atoms with E-state index in [-0.39, 0.29) is 42.2 Å². The van der Waals surface area contributed by atoms with E-state index in [1.807, 2.05) is 30.3 Å². The molecule has 0 spiro atoms. The van der Waals surface area contributed by atoms with Gasteiger partial charge >= 0.3 is 11.9 Å². The van der Waals surface area contributed by atoms with Crippen molar-refractivity contribution in [3.63, 3.8) is 0 Å². The van der Waals surface area contributed by atoms with Crippen molar-refractivity contribution in [3.8, 4) is 0 Å². The molecule has 8 atom stereocenters. The van der Waals surface area contributed by atoms with Crippen LogP contribution >= 0.6 is 0 Å². The molecule has 4 aliphatic carbocycles. The predicted octanol–water partition coefficient (Wildman–Crippen LogP) is 5.10. The van der Waals surface area contributed by atoms with Crippen molar-refractivity contribution in [1.29, 1.82) is 0 Å². The fourth-order valence-corrected chi connectivity index (χ4v) is 8.94. The number of carboxylic acids is 1. The third kappa shape index (κ3) is 5.51. The Morgan fingerprint density at radius 3 is 2.46 bits per heavy atom. The highest BCUT2D eigenvalue weighted by Gasteiger charge is 2.61. The van der Waals surface area contributed by atoms with Gasteiger partial charge in [0.15, 0.2) is 0 Å². The van der Waals surface area contributed by atoms with Crippen LogP contribution < -0.4 is 5.32 Å². The average molecular weight is 538 g/mol. The minimum atomic E-state index is -1.10. The van der Waals surface area contributed by atoms with Crippen LogP contribution in [-0.2, 0) is 30.3 Å². The minimum absolute atomic E-state index is 0.0448. The molecule has 1 aromatic carbocycles. The maximum Gasteiger partial charge on any atom is 0.326 e. The molecule has 0 aromatic heterocycles. The second kappa shape index (κ2) is 11.1. The van der Waals surface area contributed by atoms with Crippen LogP contribution in [0.1, 0.15) is 90.0 Å². The number of carbonyl (C=O) groups is 4. The fourth-order valence-electron chi connectivity index (χ4n) is 8.94. The van der Waals surface area contributed by atoms with E-state index in [0.717, 1.165) is 56.9 Å². The van der Waals surface area contributed by atoms with E-state index in [4.69, 9.17) is 4.74 Å². The lowest BCUT2D eigenvalue weighted by atomic mass is 9.45. The van der Waals surface area contributed by atoms with E-state index >= 15 is 0 Å². The first kappa shape index (κ1) is 27.9. The van der Waals surface area contributed by atoms with E-state index in [1.165, 1.54) is 6.42 Å². The van der Waals surface area contributed by atoms with Gasteiger partial charge in [0, 0.05) is 31.1 Å². The summed E-state index contributed by atoms with van der Waals surface area (Å²) in [5.74, 6) is 0.841. The largest absolute Gasteiger partial charge is 0.480 e. The van der Waals surface area contributed by atoms with Gasteiger partial charge in [-0.05, 0) is 79.6 Å². The molecule has 7 heteroatoms. The van der Waals surface area contributed by atoms with Crippen molar-refractivity contribution in [3.05, 3.63) is 35.9 Å². The van der Waals surface area contributed by atoms with Gasteiger partial charge in [-0.1, -0.05) is 44.2 Å². The first-order chi connectivity index (χ1) is 18.6. The molecule has 1 aromatic rings. The number of hydrogen-bond acceptors (Lipinski definition) is 5. The zero-order valence-electron chi connectivity index (χ0n) is 23.3. The van der Waals surface area contributed by atoms with Gasteiger partial charge < -0.3 is 15.2 Å². The molecule has 5 rings (SSSR count). The van der Waals surface area contributed by atoms with Crippen LogP contribution in [-0.4, -0.2) is 40.9 Å². The first-order valence-electron chi connectivity index (χ1n) is 14.9. The molecule has 4 aliphatic rings. The van der Waals surface area contributed by atoms with Gasteiger partial charge in [-0.25, -0.2) is 4.79 Å². The first-order valence-corrected chi connectivity index (χ1v) is 14.9. The summed E-state index contributed by atoms with van der Waals surface area (Å²) >= 11 is 0. The second-order valence-corrected chi connectivity index (χ2v) is 13.1. The van der Waals surface area contributed by atoms with Crippen molar-refractivity contribution in [2.24, 2.45) is 34.5 Å². The van der Waals surface area contributed by atoms with Gasteiger partial charge in [0.25, 0.3) is 0 Å². The van der Waals surface area contributed by atoms with Gasteiger partial charge in [-0.2, -0.15) is 0 Å². The standard InChI is InChI=1S/C32H43NO6/c1-31-16-14-22(34)19-21(31)8-9-23-24-10-11-27(32(24,2)17-15-25(23)31)39-29(36)13-12-28(35)33-26(30(37)38)18-20-6-4-3-5-7-20/h3-7,21,23-27H,8-19H2,1-2H3,(H,33,35)(H,37,38)/t21-,23-,24+,25-,26+,27+,31-,32-/m0/s1. The second-order valence-electron chi connectivity index (χ2n) is 13.1. The molecule has 0 aliphatic heterocycles. The summed E-state index contributed by atoms with van der Waals surface area (Å²) in [7, 11) is 0. The Morgan fingerprint density at radius 1 is 0.974 bits per heavy atom. The number of ether oxygens (including phenoxy) is 1. The van der Waals surface area contributed by atoms with Crippen LogP contribution in [0.15, 0.2) is 30.3 Å². The Bertz CT molecular complexity index is 1100. The van der Waals surface area contributed by atoms with Gasteiger partial charge in [0.2, 0.25) is 5.91 Å². The van der Waals surface area contributed by atoms with Crippen molar-refractivity contribution in [2.75, 3.05) is 0 Å². The van der Waals surface area contributed by atoms with Crippen LogP contribution in [0.25, 0.3) is 0 Å². The lowest BCUT2D eigenvalue weighted by Crippen LogP contribution is -2.54. The quantitative estimate of drug-likeness (QED) is 0.447. The molecule has 0 unspecified atom stereocenters. The predicted molar refractivity (Wildman–Crippen MR) is 146 cm³/mol. The molecule has 7 nitrogen and oxygen atoms in total. The Balaban J connectivity index is 1.14. The summed E-state index contributed by atoms with van der Waals surface area (Å²) in [6.45, 7) is 4.74. The summed E-state index contributed by atoms with van der Waals surface area (Å²) in [6.07, 6.45) is 8.82. The van der Waals surface area contributed by atoms with E-state index in [1.54, 1.807) is 0 Å². The highest BCUT2D eigenvalue weighted by Crippen LogP contribution is 2.66. The normalized spacial score (nSPS) is 36.2. The van der Waals surface area contributed by atoms with Crippen LogP contribution in [0.3, 0.4) is 0 Å². The molecule has 0 radical (unpaired) electrons. The number of hydrogen-bond donors (Lipinski definition) is 2. The number of benzene rings is 1. The van der Waals surface area contributed by atoms with Crippen LogP contribution in [0.2, 0.25) is 0 Å². The number of carboxylic acid groups (broad SMARTS) is 1. The SMILES string of the molecule is C[C@]12CC[C@H]3[C@@H](CC[C@H]4CC(=O)CC[C@@]43C)[C@H]1CC[C@H]2OC(=O)CCC(=O)N[C@H](Cc1ccccc1)C(=O)O. The zero-order chi connectivity index (χ0) is 27.8. The number of ketones is 1. The molecular weight excluding hydrogens is 494 g/mol. The maximum atomic E-state index is 12.8. The Morgan fingerprint density at radius 2 is 1.72 bits per heavy atom. The Hall–Kier alpha value is -2.70. The van der Waals surface area contributed by atoms with Gasteiger partial charge in [0.05, 0.1) is 6.42 Å². The fraction of sp³-hybridized carbons (Fsp3) is 0.688. The molecule has 0 heterocycles. The van der Waals surface area contributed by atoms with Crippen LogP contribution in [0.4, 0.5) is 0 Å². The summed E-state index contributed by atoms with van der Waals surface area (Å²) in [4.78, 5) is 49.2. The monoisotopic (exact) mass is 537 g/mol. The molecule has 4 saturated carbocycles. The van der Waals surface area contributed by atoms with Crippen LogP contribution in [0.5, 0.6) is 0 Å². The number of Topliss-reactive ketones (excluding diaryl/α,β-unsaturated/α-hetero) is 1. The van der Waals surface area contributed by atoms with Crippen molar-refractivity contribution in [1.82, 2.24) is 5.32 Å². The number of fused-ring (bicyclic) bond motifs is 5. The Labute approximate surface area is 231 Å². The highest BCUT2D eigenvalue weighted by molar-refractivity contribution is 5.86. The van der Waals surface area contributed by atoms with Gasteiger partial charge in [0.1, 0.15) is 17.9 Å². The lowest BCUT2D eigenvalue weighted by Gasteiger charge is -2.60. The smallest absolute Gasteiger partial charge is 0.326 e. The molecule has 0 bridgehead atoms. The number of amides is 1. The summed E-state index contributed by atoms with van der Waals surface area (Å²) in [5, 5.41) is 12.1. The van der Waals surface area contributed by atoms with E-state index < -0.39 is 17.9 Å². The molecule has 2 N–H and O–H groups in total. The molecule has 0 saturated heterocycles. The molecule has 212 valence electrons. The minimum Gasteiger partial charge on any atom is -0.480 e. The highest BCUT2D eigenvalue weighted by atomic mass is 16.5. The van der Waals surface area contributed by atoms with Gasteiger partial charge in [-0.15, -0.1) is 0 Å². The van der Waals surface area contributed by atoms with Crippen molar-refractivity contribution < 1.29 is 29.0 Å². The van der Waals surface area contributed by atoms with Gasteiger partial charge in [-0.3, -0.25) is 14.4 Å². The number of aliphatic carboxylic acids is 1. The van der Waals surface area contributed by atoms with Crippen LogP contribution in [0, 0.1) is 34.5 Å². The summed E-state index contributed by atoms with van der Waals surface area (Å²) in [6, 6.07) is 8.12. The molecular formula is C32H43NO6. The van der Waals surface area contributed by atoms with E-state index in [9.17, 15) is 24.3 Å². The molecule has 4 fully saturated rings. The lowest BCUT2D eigenvalue weighted by molar-refractivity contribution is -0.164. The number of rotatable bonds is 8. The van der Waals surface area contributed by atoms with E-state index in [0.29, 0.717) is 29.5 Å². The molecule has 1 amide bonds. The number of esters is 1. The Kier molecular flexibility index (Phi) is 7.89. The third-order valence-electron chi connectivity index (χ3n) is 11.1. The van der Waals surface area contributed by atoms with Crippen molar-refractivity contribution >= 4 is 23.6 Å². The maximum absolute atomic E-state index is 12.8. The van der Waals surface area contributed by atoms with E-state index in [2.05, 4.69) is 19.2 Å². The average Bonchev–Trinajstić information content (AvgIpc) is 3.24. The summed E-state index contributed by atoms with van der Waals surface area (Å²) < 4.78 is 6.03. The summed E-state index contributed by atoms with van der Waals surface area (Å²) in [5.41, 5.74) is 1.04.